The van der Waals surface area contributed by atoms with Crippen LogP contribution >= 0.6 is 0 Å². The lowest BCUT2D eigenvalue weighted by Gasteiger charge is -2.06. The first-order chi connectivity index (χ1) is 10.0. The summed E-state index contributed by atoms with van der Waals surface area (Å²) in [6.07, 6.45) is 1.73. The molecule has 110 valence electrons. The summed E-state index contributed by atoms with van der Waals surface area (Å²) < 4.78 is 1.76. The molecule has 1 aromatic heterocycles. The Kier molecular flexibility index (Phi) is 4.22. The summed E-state index contributed by atoms with van der Waals surface area (Å²) in [5.74, 6) is -0.183. The minimum Gasteiger partial charge on any atom is -0.409 e. The molecule has 2 aromatic rings. The van der Waals surface area contributed by atoms with E-state index >= 15 is 0 Å². The molecule has 0 radical (unpaired) electrons. The summed E-state index contributed by atoms with van der Waals surface area (Å²) in [7, 11) is 1.85. The maximum Gasteiger partial charge on any atom is 0.251 e. The van der Waals surface area contributed by atoms with E-state index in [-0.39, 0.29) is 11.7 Å². The zero-order valence-corrected chi connectivity index (χ0v) is 11.9. The largest absolute Gasteiger partial charge is 0.409 e. The van der Waals surface area contributed by atoms with Crippen molar-refractivity contribution >= 4 is 11.7 Å². The Morgan fingerprint density at radius 1 is 1.38 bits per heavy atom. The number of amidine groups is 1. The van der Waals surface area contributed by atoms with Gasteiger partial charge < -0.3 is 16.3 Å². The van der Waals surface area contributed by atoms with Gasteiger partial charge in [-0.25, -0.2) is 0 Å². The second kappa shape index (κ2) is 6.08. The number of aryl methyl sites for hydroxylation is 1. The van der Waals surface area contributed by atoms with Crippen LogP contribution in [0.4, 0.5) is 0 Å². The molecule has 7 heteroatoms. The molecular formula is C14H17N5O2. The molecule has 1 heterocycles. The smallest absolute Gasteiger partial charge is 0.251 e. The molecular weight excluding hydrogens is 270 g/mol. The van der Waals surface area contributed by atoms with E-state index < -0.39 is 0 Å². The number of hydrogen-bond donors (Lipinski definition) is 3. The van der Waals surface area contributed by atoms with Crippen molar-refractivity contribution in [1.29, 1.82) is 0 Å². The van der Waals surface area contributed by atoms with Crippen LogP contribution < -0.4 is 11.1 Å². The van der Waals surface area contributed by atoms with Gasteiger partial charge in [0.15, 0.2) is 5.84 Å². The average molecular weight is 287 g/mol. The van der Waals surface area contributed by atoms with Gasteiger partial charge in [0.25, 0.3) is 5.91 Å². The monoisotopic (exact) mass is 287 g/mol. The number of oxime groups is 1. The summed E-state index contributed by atoms with van der Waals surface area (Å²) in [6, 6.07) is 6.50. The number of nitrogens with one attached hydrogen (secondary N) is 1. The van der Waals surface area contributed by atoms with E-state index in [9.17, 15) is 4.79 Å². The van der Waals surface area contributed by atoms with E-state index in [1.165, 1.54) is 0 Å². The molecule has 0 aliphatic carbocycles. The first-order valence-corrected chi connectivity index (χ1v) is 6.36. The molecule has 0 spiro atoms. The summed E-state index contributed by atoms with van der Waals surface area (Å²) in [5, 5.41) is 18.4. The fraction of sp³-hybridized carbons (Fsp3) is 0.214. The maximum atomic E-state index is 12.0. The molecule has 4 N–H and O–H groups in total. The summed E-state index contributed by atoms with van der Waals surface area (Å²) >= 11 is 0. The second-order valence-electron chi connectivity index (χ2n) is 4.62. The van der Waals surface area contributed by atoms with Crippen LogP contribution in [0.1, 0.15) is 27.2 Å². The third-order valence-electron chi connectivity index (χ3n) is 3.33. The highest BCUT2D eigenvalue weighted by atomic mass is 16.4. The minimum atomic E-state index is -0.190. The topological polar surface area (TPSA) is 106 Å². The van der Waals surface area contributed by atoms with E-state index in [1.807, 2.05) is 14.0 Å². The molecule has 0 bridgehead atoms. The number of carbonyl (C=O) groups is 1. The maximum absolute atomic E-state index is 12.0. The highest BCUT2D eigenvalue weighted by Crippen LogP contribution is 2.07. The molecule has 2 rings (SSSR count). The average Bonchev–Trinajstić information content (AvgIpc) is 2.83. The Morgan fingerprint density at radius 2 is 2.00 bits per heavy atom. The van der Waals surface area contributed by atoms with E-state index in [2.05, 4.69) is 15.6 Å². The first kappa shape index (κ1) is 14.6. The Balaban J connectivity index is 2.02. The Bertz CT molecular complexity index is 673. The fourth-order valence-electron chi connectivity index (χ4n) is 1.85. The summed E-state index contributed by atoms with van der Waals surface area (Å²) in [5.41, 5.74) is 8.51. The number of benzene rings is 1. The van der Waals surface area contributed by atoms with E-state index in [0.29, 0.717) is 17.7 Å². The van der Waals surface area contributed by atoms with Crippen LogP contribution in [0.2, 0.25) is 0 Å². The van der Waals surface area contributed by atoms with Gasteiger partial charge in [-0.1, -0.05) is 17.3 Å². The van der Waals surface area contributed by atoms with Gasteiger partial charge in [0.1, 0.15) is 0 Å². The van der Waals surface area contributed by atoms with E-state index in [1.54, 1.807) is 35.1 Å². The molecule has 0 unspecified atom stereocenters. The number of carbonyl (C=O) groups excluding carboxylic acids is 1. The summed E-state index contributed by atoms with van der Waals surface area (Å²) in [4.78, 5) is 12.0. The lowest BCUT2D eigenvalue weighted by molar-refractivity contribution is 0.0951. The van der Waals surface area contributed by atoms with Crippen molar-refractivity contribution in [1.82, 2.24) is 15.1 Å². The van der Waals surface area contributed by atoms with Crippen LogP contribution in [0.3, 0.4) is 0 Å². The molecule has 0 saturated carbocycles. The molecule has 0 aliphatic heterocycles. The number of nitrogens with zero attached hydrogens (tertiary/aromatic N) is 3. The van der Waals surface area contributed by atoms with Crippen molar-refractivity contribution in [2.75, 3.05) is 0 Å². The zero-order chi connectivity index (χ0) is 15.4. The van der Waals surface area contributed by atoms with Gasteiger partial charge in [0, 0.05) is 36.0 Å². The minimum absolute atomic E-state index is 0.00735. The zero-order valence-electron chi connectivity index (χ0n) is 11.9. The highest BCUT2D eigenvalue weighted by molar-refractivity contribution is 5.99. The Labute approximate surface area is 122 Å². The predicted molar refractivity (Wildman–Crippen MR) is 78.1 cm³/mol. The lowest BCUT2D eigenvalue weighted by atomic mass is 10.1. The van der Waals surface area contributed by atoms with Crippen molar-refractivity contribution in [3.63, 3.8) is 0 Å². The third-order valence-corrected chi connectivity index (χ3v) is 3.33. The van der Waals surface area contributed by atoms with Crippen molar-refractivity contribution < 1.29 is 10.0 Å². The Hall–Kier alpha value is -2.83. The van der Waals surface area contributed by atoms with Crippen molar-refractivity contribution in [2.24, 2.45) is 17.9 Å². The molecule has 0 saturated heterocycles. The Morgan fingerprint density at radius 3 is 2.52 bits per heavy atom. The van der Waals surface area contributed by atoms with Crippen molar-refractivity contribution in [3.05, 3.63) is 52.8 Å². The number of hydrogen-bond acceptors (Lipinski definition) is 4. The lowest BCUT2D eigenvalue weighted by Crippen LogP contribution is -2.23. The van der Waals surface area contributed by atoms with Gasteiger partial charge in [-0.05, 0) is 19.1 Å². The molecule has 0 aliphatic rings. The van der Waals surface area contributed by atoms with E-state index in [0.717, 1.165) is 11.3 Å². The van der Waals surface area contributed by atoms with Gasteiger partial charge >= 0.3 is 0 Å². The number of aromatic nitrogens is 2. The SMILES string of the molecule is Cc1c(CNC(=O)c2ccc(/C(N)=N/O)cc2)cnn1C. The first-order valence-electron chi connectivity index (χ1n) is 6.36. The number of rotatable bonds is 4. The van der Waals surface area contributed by atoms with Gasteiger partial charge in [-0.3, -0.25) is 9.48 Å². The van der Waals surface area contributed by atoms with Crippen LogP contribution in [-0.4, -0.2) is 26.7 Å². The van der Waals surface area contributed by atoms with Gasteiger partial charge in [0.05, 0.1) is 6.20 Å². The summed E-state index contributed by atoms with van der Waals surface area (Å²) in [6.45, 7) is 2.36. The van der Waals surface area contributed by atoms with Crippen LogP contribution in [0, 0.1) is 6.92 Å². The van der Waals surface area contributed by atoms with E-state index in [4.69, 9.17) is 10.9 Å². The standard InChI is InChI=1S/C14H17N5O2/c1-9-12(8-17-19(9)2)7-16-14(20)11-5-3-10(4-6-11)13(15)18-21/h3-6,8,21H,7H2,1-2H3,(H2,15,18)(H,16,20). The predicted octanol–water partition coefficient (Wildman–Crippen LogP) is 0.753. The third kappa shape index (κ3) is 3.19. The molecule has 1 amide bonds. The van der Waals surface area contributed by atoms with Crippen LogP contribution in [0.5, 0.6) is 0 Å². The number of nitrogens with two attached hydrogens (primary N) is 1. The highest BCUT2D eigenvalue weighted by Gasteiger charge is 2.09. The second-order valence-corrected chi connectivity index (χ2v) is 4.62. The van der Waals surface area contributed by atoms with Gasteiger partial charge in [0.2, 0.25) is 0 Å². The molecule has 0 fully saturated rings. The van der Waals surface area contributed by atoms with Crippen molar-refractivity contribution in [2.45, 2.75) is 13.5 Å². The van der Waals surface area contributed by atoms with Crippen LogP contribution in [0.25, 0.3) is 0 Å². The van der Waals surface area contributed by atoms with Crippen molar-refractivity contribution in [3.8, 4) is 0 Å². The quantitative estimate of drug-likeness (QED) is 0.334. The molecule has 0 atom stereocenters. The number of amides is 1. The van der Waals surface area contributed by atoms with Crippen LogP contribution in [0.15, 0.2) is 35.6 Å². The normalized spacial score (nSPS) is 11.4. The molecule has 21 heavy (non-hydrogen) atoms. The molecule has 1 aromatic carbocycles. The fourth-order valence-corrected chi connectivity index (χ4v) is 1.85. The van der Waals surface area contributed by atoms with Gasteiger partial charge in [-0.15, -0.1) is 0 Å². The molecule has 7 nitrogen and oxygen atoms in total. The van der Waals surface area contributed by atoms with Gasteiger partial charge in [-0.2, -0.15) is 5.10 Å². The van der Waals surface area contributed by atoms with Crippen LogP contribution in [-0.2, 0) is 13.6 Å².